The van der Waals surface area contributed by atoms with Crippen molar-refractivity contribution in [3.8, 4) is 0 Å². The van der Waals surface area contributed by atoms with Crippen LogP contribution < -0.4 is 15.5 Å². The standard InChI is InChI=1S/C18H24N4O3/c23-16(21-9-11-25-12-10-21)13-22-15-4-2-1-3-14(15)20-18(17(22)24)5-7-19-8-6-18/h1-4,19-20H,5-13H2. The van der Waals surface area contributed by atoms with Crippen molar-refractivity contribution in [1.82, 2.24) is 10.2 Å². The van der Waals surface area contributed by atoms with E-state index in [0.717, 1.165) is 37.3 Å². The monoisotopic (exact) mass is 344 g/mol. The van der Waals surface area contributed by atoms with E-state index in [-0.39, 0.29) is 18.4 Å². The van der Waals surface area contributed by atoms with Crippen molar-refractivity contribution >= 4 is 23.2 Å². The van der Waals surface area contributed by atoms with E-state index in [9.17, 15) is 9.59 Å². The third kappa shape index (κ3) is 2.98. The van der Waals surface area contributed by atoms with Crippen molar-refractivity contribution in [2.45, 2.75) is 18.4 Å². The molecule has 2 fully saturated rings. The lowest BCUT2D eigenvalue weighted by Gasteiger charge is -2.46. The summed E-state index contributed by atoms with van der Waals surface area (Å²) in [6.07, 6.45) is 1.45. The first-order chi connectivity index (χ1) is 12.2. The van der Waals surface area contributed by atoms with Gasteiger partial charge >= 0.3 is 0 Å². The smallest absolute Gasteiger partial charge is 0.253 e. The highest BCUT2D eigenvalue weighted by Crippen LogP contribution is 2.38. The highest BCUT2D eigenvalue weighted by molar-refractivity contribution is 6.10. The molecule has 0 aromatic heterocycles. The predicted molar refractivity (Wildman–Crippen MR) is 94.7 cm³/mol. The molecular weight excluding hydrogens is 320 g/mol. The molecular formula is C18H24N4O3. The topological polar surface area (TPSA) is 73.9 Å². The molecule has 4 rings (SSSR count). The lowest BCUT2D eigenvalue weighted by molar-refractivity contribution is -0.135. The average Bonchev–Trinajstić information content (AvgIpc) is 2.67. The number of nitrogens with one attached hydrogen (secondary N) is 2. The number of fused-ring (bicyclic) bond motifs is 1. The van der Waals surface area contributed by atoms with E-state index in [1.807, 2.05) is 24.3 Å². The second kappa shape index (κ2) is 6.65. The molecule has 2 N–H and O–H groups in total. The Morgan fingerprint density at radius 2 is 1.88 bits per heavy atom. The summed E-state index contributed by atoms with van der Waals surface area (Å²) in [5.41, 5.74) is 1.11. The van der Waals surface area contributed by atoms with Crippen LogP contribution >= 0.6 is 0 Å². The van der Waals surface area contributed by atoms with Crippen molar-refractivity contribution in [2.24, 2.45) is 0 Å². The third-order valence-corrected chi connectivity index (χ3v) is 5.34. The Morgan fingerprint density at radius 3 is 2.64 bits per heavy atom. The van der Waals surface area contributed by atoms with Gasteiger partial charge in [0.1, 0.15) is 12.1 Å². The van der Waals surface area contributed by atoms with Crippen LogP contribution in [0.1, 0.15) is 12.8 Å². The van der Waals surface area contributed by atoms with E-state index in [0.29, 0.717) is 26.3 Å². The molecule has 7 heteroatoms. The van der Waals surface area contributed by atoms with Crippen LogP contribution in [0.2, 0.25) is 0 Å². The van der Waals surface area contributed by atoms with Gasteiger partial charge in [0.2, 0.25) is 5.91 Å². The molecule has 25 heavy (non-hydrogen) atoms. The van der Waals surface area contributed by atoms with Gasteiger partial charge in [-0.2, -0.15) is 0 Å². The molecule has 0 unspecified atom stereocenters. The van der Waals surface area contributed by atoms with Gasteiger partial charge in [0.15, 0.2) is 0 Å². The molecule has 1 aromatic carbocycles. The molecule has 0 radical (unpaired) electrons. The fraction of sp³-hybridized carbons (Fsp3) is 0.556. The van der Waals surface area contributed by atoms with Crippen LogP contribution in [0.25, 0.3) is 0 Å². The summed E-state index contributed by atoms with van der Waals surface area (Å²) in [7, 11) is 0. The molecule has 2 amide bonds. The Morgan fingerprint density at radius 1 is 1.16 bits per heavy atom. The summed E-state index contributed by atoms with van der Waals surface area (Å²) in [6, 6.07) is 7.75. The van der Waals surface area contributed by atoms with Gasteiger partial charge in [-0.3, -0.25) is 14.5 Å². The van der Waals surface area contributed by atoms with Gasteiger partial charge in [0.25, 0.3) is 5.91 Å². The molecule has 1 aromatic rings. The van der Waals surface area contributed by atoms with Crippen LogP contribution in [0.3, 0.4) is 0 Å². The number of anilines is 2. The maximum atomic E-state index is 13.3. The lowest BCUT2D eigenvalue weighted by atomic mass is 9.84. The SMILES string of the molecule is O=C(CN1C(=O)C2(CCNCC2)Nc2ccccc21)N1CCOCC1. The van der Waals surface area contributed by atoms with Crippen molar-refractivity contribution in [1.29, 1.82) is 0 Å². The minimum atomic E-state index is -0.606. The Labute approximate surface area is 147 Å². The number of piperidine rings is 1. The van der Waals surface area contributed by atoms with Crippen molar-refractivity contribution in [3.05, 3.63) is 24.3 Å². The lowest BCUT2D eigenvalue weighted by Crippen LogP contribution is -2.62. The second-order valence-electron chi connectivity index (χ2n) is 6.86. The number of para-hydroxylation sites is 2. The van der Waals surface area contributed by atoms with E-state index in [1.165, 1.54) is 0 Å². The number of ether oxygens (including phenoxy) is 1. The molecule has 1 spiro atoms. The molecule has 3 aliphatic heterocycles. The zero-order valence-electron chi connectivity index (χ0n) is 14.3. The molecule has 0 saturated carbocycles. The molecule has 2 saturated heterocycles. The van der Waals surface area contributed by atoms with E-state index in [4.69, 9.17) is 4.74 Å². The largest absolute Gasteiger partial charge is 0.378 e. The summed E-state index contributed by atoms with van der Waals surface area (Å²) >= 11 is 0. The van der Waals surface area contributed by atoms with E-state index in [1.54, 1.807) is 9.80 Å². The van der Waals surface area contributed by atoms with Gasteiger partial charge in [0.05, 0.1) is 24.6 Å². The maximum Gasteiger partial charge on any atom is 0.253 e. The first-order valence-corrected chi connectivity index (χ1v) is 8.95. The number of carbonyl (C=O) groups is 2. The Balaban J connectivity index is 1.62. The van der Waals surface area contributed by atoms with E-state index in [2.05, 4.69) is 10.6 Å². The molecule has 0 bridgehead atoms. The highest BCUT2D eigenvalue weighted by atomic mass is 16.5. The summed E-state index contributed by atoms with van der Waals surface area (Å²) < 4.78 is 5.32. The first-order valence-electron chi connectivity index (χ1n) is 8.95. The maximum absolute atomic E-state index is 13.3. The van der Waals surface area contributed by atoms with Gasteiger partial charge in [-0.15, -0.1) is 0 Å². The minimum absolute atomic E-state index is 0.00862. The first kappa shape index (κ1) is 16.4. The Kier molecular flexibility index (Phi) is 4.35. The summed E-state index contributed by atoms with van der Waals surface area (Å²) in [4.78, 5) is 29.5. The molecule has 7 nitrogen and oxygen atoms in total. The van der Waals surface area contributed by atoms with Gasteiger partial charge in [-0.25, -0.2) is 0 Å². The summed E-state index contributed by atoms with van der Waals surface area (Å²) in [5.74, 6) is -0.00764. The zero-order chi connectivity index (χ0) is 17.3. The Bertz CT molecular complexity index is 666. The Hall–Kier alpha value is -2.12. The second-order valence-corrected chi connectivity index (χ2v) is 6.86. The van der Waals surface area contributed by atoms with Gasteiger partial charge < -0.3 is 20.3 Å². The molecule has 3 heterocycles. The van der Waals surface area contributed by atoms with Crippen LogP contribution in [-0.4, -0.2) is 68.2 Å². The normalized spacial score (nSPS) is 22.5. The van der Waals surface area contributed by atoms with Crippen molar-refractivity contribution in [2.75, 3.05) is 56.2 Å². The fourth-order valence-electron chi connectivity index (χ4n) is 3.89. The number of benzene rings is 1. The molecule has 0 atom stereocenters. The van der Waals surface area contributed by atoms with Crippen LogP contribution in [-0.2, 0) is 14.3 Å². The van der Waals surface area contributed by atoms with Crippen LogP contribution in [0.5, 0.6) is 0 Å². The summed E-state index contributed by atoms with van der Waals surface area (Å²) in [6.45, 7) is 4.00. The molecule has 134 valence electrons. The highest BCUT2D eigenvalue weighted by Gasteiger charge is 2.47. The van der Waals surface area contributed by atoms with Crippen LogP contribution in [0.4, 0.5) is 11.4 Å². The third-order valence-electron chi connectivity index (χ3n) is 5.34. The minimum Gasteiger partial charge on any atom is -0.378 e. The van der Waals surface area contributed by atoms with Gasteiger partial charge in [-0.05, 0) is 38.1 Å². The van der Waals surface area contributed by atoms with Crippen molar-refractivity contribution in [3.63, 3.8) is 0 Å². The zero-order valence-corrected chi connectivity index (χ0v) is 14.3. The summed E-state index contributed by atoms with van der Waals surface area (Å²) in [5, 5.41) is 6.78. The van der Waals surface area contributed by atoms with Crippen LogP contribution in [0, 0.1) is 0 Å². The number of rotatable bonds is 2. The predicted octanol–water partition coefficient (Wildman–Crippen LogP) is 0.426. The number of hydrogen-bond donors (Lipinski definition) is 2. The number of hydrogen-bond acceptors (Lipinski definition) is 5. The number of amides is 2. The fourth-order valence-corrected chi connectivity index (χ4v) is 3.89. The van der Waals surface area contributed by atoms with Crippen LogP contribution in [0.15, 0.2) is 24.3 Å². The quantitative estimate of drug-likeness (QED) is 0.814. The number of morpholine rings is 1. The van der Waals surface area contributed by atoms with Gasteiger partial charge in [0, 0.05) is 13.1 Å². The average molecular weight is 344 g/mol. The molecule has 3 aliphatic rings. The molecule has 0 aliphatic carbocycles. The van der Waals surface area contributed by atoms with Gasteiger partial charge in [-0.1, -0.05) is 12.1 Å². The number of nitrogens with zero attached hydrogens (tertiary/aromatic N) is 2. The van der Waals surface area contributed by atoms with Crippen molar-refractivity contribution < 1.29 is 14.3 Å². The van der Waals surface area contributed by atoms with E-state index >= 15 is 0 Å². The van der Waals surface area contributed by atoms with E-state index < -0.39 is 5.54 Å². The number of carbonyl (C=O) groups excluding carboxylic acids is 2.